The first kappa shape index (κ1) is 25.2. The Morgan fingerprint density at radius 2 is 2.05 bits per heavy atom. The number of carboxylic acid groups (broad SMARTS) is 1. The van der Waals surface area contributed by atoms with E-state index in [1.165, 1.54) is 17.1 Å². The molecule has 11 nitrogen and oxygen atoms in total. The van der Waals surface area contributed by atoms with Crippen LogP contribution in [0.2, 0.25) is 5.02 Å². The van der Waals surface area contributed by atoms with Gasteiger partial charge in [-0.2, -0.15) is 4.68 Å². The molecule has 0 saturated carbocycles. The molecular formula is C26H25ClN8O3. The van der Waals surface area contributed by atoms with E-state index in [2.05, 4.69) is 31.1 Å². The van der Waals surface area contributed by atoms with Crippen LogP contribution in [0.3, 0.4) is 0 Å². The Balaban J connectivity index is 1.38. The van der Waals surface area contributed by atoms with Crippen LogP contribution in [0.1, 0.15) is 53.5 Å². The fourth-order valence-electron chi connectivity index (χ4n) is 4.38. The molecular weight excluding hydrogens is 508 g/mol. The Bertz CT molecular complexity index is 1480. The third-order valence-electron chi connectivity index (χ3n) is 6.27. The maximum Gasteiger partial charge on any atom is 0.335 e. The standard InChI is InChI=1S/C26H25ClN8O3/c27-18-7-9-23(35-15-30-33-34-35)16(12-18)6-10-24(36)31-20-4-2-1-3-11-28-21-13-17(26(37)38)5-8-19(21)22-14-29-25(20)32-22/h5-10,12-15,20,28H,1-4,11H2,(H,29,32)(H,31,36)(H,37,38)/b10-6+. The largest absolute Gasteiger partial charge is 0.478 e. The topological polar surface area (TPSA) is 151 Å². The fraction of sp³-hybridized carbons (Fsp3) is 0.231. The van der Waals surface area contributed by atoms with Crippen LogP contribution in [0, 0.1) is 0 Å². The average molecular weight is 533 g/mol. The van der Waals surface area contributed by atoms with Crippen molar-refractivity contribution in [2.75, 3.05) is 11.9 Å². The smallest absolute Gasteiger partial charge is 0.335 e. The molecule has 38 heavy (non-hydrogen) atoms. The first-order chi connectivity index (χ1) is 18.5. The summed E-state index contributed by atoms with van der Waals surface area (Å²) < 4.78 is 1.50. The molecule has 2 aromatic carbocycles. The zero-order chi connectivity index (χ0) is 26.5. The number of carbonyl (C=O) groups is 2. The van der Waals surface area contributed by atoms with Crippen LogP contribution in [0.25, 0.3) is 23.0 Å². The Labute approximate surface area is 222 Å². The number of rotatable bonds is 5. The van der Waals surface area contributed by atoms with E-state index in [1.54, 1.807) is 48.7 Å². The van der Waals surface area contributed by atoms with E-state index >= 15 is 0 Å². The summed E-state index contributed by atoms with van der Waals surface area (Å²) in [6.45, 7) is 0.705. The van der Waals surface area contributed by atoms with Gasteiger partial charge in [0.25, 0.3) is 0 Å². The number of H-pyrrole nitrogens is 1. The van der Waals surface area contributed by atoms with Crippen LogP contribution < -0.4 is 10.6 Å². The molecule has 0 radical (unpaired) electrons. The third kappa shape index (κ3) is 5.73. The van der Waals surface area contributed by atoms with Gasteiger partial charge in [0.05, 0.1) is 23.0 Å². The van der Waals surface area contributed by atoms with E-state index < -0.39 is 5.97 Å². The molecule has 1 amide bonds. The quantitative estimate of drug-likeness (QED) is 0.278. The zero-order valence-electron chi connectivity index (χ0n) is 20.3. The van der Waals surface area contributed by atoms with Crippen molar-refractivity contribution in [1.29, 1.82) is 0 Å². The molecule has 1 unspecified atom stereocenters. The maximum absolute atomic E-state index is 13.0. The van der Waals surface area contributed by atoms with E-state index in [-0.39, 0.29) is 17.5 Å². The highest BCUT2D eigenvalue weighted by Crippen LogP contribution is 2.30. The molecule has 194 valence electrons. The minimum atomic E-state index is -0.984. The molecule has 1 aliphatic rings. The van der Waals surface area contributed by atoms with Gasteiger partial charge in [0.1, 0.15) is 12.2 Å². The van der Waals surface area contributed by atoms with Crippen molar-refractivity contribution in [3.63, 3.8) is 0 Å². The van der Waals surface area contributed by atoms with Gasteiger partial charge in [0, 0.05) is 40.7 Å². The van der Waals surface area contributed by atoms with Crippen molar-refractivity contribution in [2.45, 2.75) is 31.7 Å². The summed E-state index contributed by atoms with van der Waals surface area (Å²) in [5.41, 5.74) is 3.75. The molecule has 3 heterocycles. The van der Waals surface area contributed by atoms with E-state index in [1.807, 2.05) is 0 Å². The molecule has 0 spiro atoms. The van der Waals surface area contributed by atoms with Gasteiger partial charge in [-0.1, -0.05) is 24.4 Å². The first-order valence-electron chi connectivity index (χ1n) is 12.2. The fourth-order valence-corrected chi connectivity index (χ4v) is 4.56. The summed E-state index contributed by atoms with van der Waals surface area (Å²) >= 11 is 6.18. The van der Waals surface area contributed by atoms with E-state index in [9.17, 15) is 14.7 Å². The Morgan fingerprint density at radius 3 is 2.87 bits per heavy atom. The highest BCUT2D eigenvalue weighted by atomic mass is 35.5. The zero-order valence-corrected chi connectivity index (χ0v) is 21.0. The highest BCUT2D eigenvalue weighted by molar-refractivity contribution is 6.30. The van der Waals surface area contributed by atoms with Gasteiger partial charge in [-0.05, 0) is 65.7 Å². The molecule has 2 aromatic heterocycles. The maximum atomic E-state index is 13.0. The Hall–Kier alpha value is -4.51. The number of halogens is 1. The number of fused-ring (bicyclic) bond motifs is 4. The first-order valence-corrected chi connectivity index (χ1v) is 12.5. The van der Waals surface area contributed by atoms with Gasteiger partial charge in [0.2, 0.25) is 5.91 Å². The number of nitrogens with zero attached hydrogens (tertiary/aromatic N) is 5. The molecule has 2 bridgehead atoms. The number of hydrogen-bond acceptors (Lipinski definition) is 7. The van der Waals surface area contributed by atoms with Gasteiger partial charge in [-0.25, -0.2) is 9.78 Å². The number of carboxylic acids is 1. The summed E-state index contributed by atoms with van der Waals surface area (Å²) in [6.07, 6.45) is 9.80. The van der Waals surface area contributed by atoms with E-state index in [0.29, 0.717) is 46.4 Å². The molecule has 1 atom stereocenters. The van der Waals surface area contributed by atoms with Gasteiger partial charge in [0.15, 0.2) is 0 Å². The van der Waals surface area contributed by atoms with Gasteiger partial charge < -0.3 is 20.7 Å². The molecule has 0 saturated heterocycles. The number of aromatic amines is 1. The third-order valence-corrected chi connectivity index (χ3v) is 6.51. The van der Waals surface area contributed by atoms with Gasteiger partial charge in [-0.3, -0.25) is 4.79 Å². The number of imidazole rings is 1. The van der Waals surface area contributed by atoms with Crippen molar-refractivity contribution in [3.05, 3.63) is 77.0 Å². The molecule has 1 aliphatic heterocycles. The van der Waals surface area contributed by atoms with Gasteiger partial charge in [-0.15, -0.1) is 5.10 Å². The predicted molar refractivity (Wildman–Crippen MR) is 142 cm³/mol. The number of benzene rings is 2. The lowest BCUT2D eigenvalue weighted by Gasteiger charge is -2.17. The molecule has 0 fully saturated rings. The molecule has 0 aliphatic carbocycles. The number of aromatic carboxylic acids is 1. The predicted octanol–water partition coefficient (Wildman–Crippen LogP) is 4.26. The van der Waals surface area contributed by atoms with Crippen molar-refractivity contribution >= 4 is 35.2 Å². The second-order valence-corrected chi connectivity index (χ2v) is 9.30. The second-order valence-electron chi connectivity index (χ2n) is 8.86. The number of hydrogen-bond donors (Lipinski definition) is 4. The highest BCUT2D eigenvalue weighted by Gasteiger charge is 2.20. The van der Waals surface area contributed by atoms with Crippen molar-refractivity contribution < 1.29 is 14.7 Å². The van der Waals surface area contributed by atoms with Crippen LogP contribution in [0.4, 0.5) is 5.69 Å². The normalized spacial score (nSPS) is 15.7. The van der Waals surface area contributed by atoms with Gasteiger partial charge >= 0.3 is 5.97 Å². The monoisotopic (exact) mass is 532 g/mol. The molecule has 4 aromatic rings. The van der Waals surface area contributed by atoms with Crippen molar-refractivity contribution in [1.82, 2.24) is 35.5 Å². The molecule has 4 N–H and O–H groups in total. The summed E-state index contributed by atoms with van der Waals surface area (Å²) in [6, 6.07) is 9.85. The second kappa shape index (κ2) is 11.3. The number of aromatic nitrogens is 6. The summed E-state index contributed by atoms with van der Waals surface area (Å²) in [7, 11) is 0. The number of carbonyl (C=O) groups excluding carboxylic acids is 1. The SMILES string of the molecule is O=C(/C=C/c1cc(Cl)ccc1-n1cnnn1)NC1CCCCCNc2cc(C(=O)O)ccc2-c2c[nH]c1n2. The molecule has 5 rings (SSSR count). The number of anilines is 1. The minimum absolute atomic E-state index is 0.207. The molecule has 12 heteroatoms. The van der Waals surface area contributed by atoms with Crippen molar-refractivity contribution in [2.24, 2.45) is 0 Å². The summed E-state index contributed by atoms with van der Waals surface area (Å²) in [5.74, 6) is -0.634. The number of nitrogens with one attached hydrogen (secondary N) is 3. The van der Waals surface area contributed by atoms with Crippen LogP contribution in [0.5, 0.6) is 0 Å². The Morgan fingerprint density at radius 1 is 1.16 bits per heavy atom. The number of tetrazole rings is 1. The Kier molecular flexibility index (Phi) is 7.45. The number of amides is 1. The minimum Gasteiger partial charge on any atom is -0.478 e. The summed E-state index contributed by atoms with van der Waals surface area (Å²) in [4.78, 5) is 32.4. The lowest BCUT2D eigenvalue weighted by Crippen LogP contribution is -2.27. The lowest BCUT2D eigenvalue weighted by molar-refractivity contribution is -0.117. The summed E-state index contributed by atoms with van der Waals surface area (Å²) in [5, 5.41) is 27.6. The van der Waals surface area contributed by atoms with E-state index in [4.69, 9.17) is 16.6 Å². The lowest BCUT2D eigenvalue weighted by atomic mass is 10.0. The average Bonchev–Trinajstić information content (AvgIpc) is 3.61. The van der Waals surface area contributed by atoms with Crippen molar-refractivity contribution in [3.8, 4) is 16.9 Å². The van der Waals surface area contributed by atoms with Crippen LogP contribution in [0.15, 0.2) is 55.0 Å². The van der Waals surface area contributed by atoms with Crippen LogP contribution in [-0.2, 0) is 4.79 Å². The van der Waals surface area contributed by atoms with Crippen LogP contribution >= 0.6 is 11.6 Å². The van der Waals surface area contributed by atoms with Crippen LogP contribution in [-0.4, -0.2) is 53.7 Å². The van der Waals surface area contributed by atoms with E-state index in [0.717, 1.165) is 24.8 Å².